The van der Waals surface area contributed by atoms with E-state index in [0.717, 1.165) is 11.5 Å². The summed E-state index contributed by atoms with van der Waals surface area (Å²) in [6.07, 6.45) is 0.632. The number of nitrogens with zero attached hydrogens (tertiary/aromatic N) is 1. The van der Waals surface area contributed by atoms with E-state index in [1.54, 1.807) is 7.05 Å². The normalized spacial score (nSPS) is 15.7. The van der Waals surface area contributed by atoms with Crippen LogP contribution in [0.25, 0.3) is 0 Å². The predicted molar refractivity (Wildman–Crippen MR) is 80.0 cm³/mol. The van der Waals surface area contributed by atoms with E-state index >= 15 is 0 Å². The Balaban J connectivity index is 2.67. The molecule has 114 valence electrons. The van der Waals surface area contributed by atoms with Crippen molar-refractivity contribution in [1.82, 2.24) is 10.3 Å². The first-order valence-electron chi connectivity index (χ1n) is 6.79. The van der Waals surface area contributed by atoms with Crippen molar-refractivity contribution < 1.29 is 13.9 Å². The van der Waals surface area contributed by atoms with Gasteiger partial charge >= 0.3 is 5.97 Å². The number of aryl methyl sites for hydroxylation is 2. The molecule has 0 aliphatic carbocycles. The lowest BCUT2D eigenvalue weighted by atomic mass is 9.96. The standard InChI is InChI=1S/C14H24N2O3S/c1-7-18-12(17)14(5,15-6)8-9(2)20-13-16-10(3)11(4)19-13/h9,15H,7-8H2,1-6H3. The maximum atomic E-state index is 12.0. The number of carbonyl (C=O) groups excluding carboxylic acids is 1. The molecule has 0 saturated carbocycles. The highest BCUT2D eigenvalue weighted by atomic mass is 32.2. The van der Waals surface area contributed by atoms with Crippen molar-refractivity contribution in [2.24, 2.45) is 0 Å². The van der Waals surface area contributed by atoms with Gasteiger partial charge in [-0.1, -0.05) is 18.7 Å². The van der Waals surface area contributed by atoms with Crippen molar-refractivity contribution in [1.29, 1.82) is 0 Å². The van der Waals surface area contributed by atoms with Crippen LogP contribution in [-0.4, -0.2) is 35.4 Å². The van der Waals surface area contributed by atoms with Crippen molar-refractivity contribution >= 4 is 17.7 Å². The molecule has 5 nitrogen and oxygen atoms in total. The summed E-state index contributed by atoms with van der Waals surface area (Å²) in [6, 6.07) is 0. The average molecular weight is 300 g/mol. The minimum atomic E-state index is -0.695. The molecule has 1 N–H and O–H groups in total. The molecule has 0 saturated heterocycles. The first-order chi connectivity index (χ1) is 9.32. The van der Waals surface area contributed by atoms with Gasteiger partial charge in [0.25, 0.3) is 5.22 Å². The molecule has 2 unspecified atom stereocenters. The van der Waals surface area contributed by atoms with Crippen molar-refractivity contribution in [3.05, 3.63) is 11.5 Å². The van der Waals surface area contributed by atoms with Gasteiger partial charge in [-0.15, -0.1) is 0 Å². The van der Waals surface area contributed by atoms with Crippen LogP contribution in [0.3, 0.4) is 0 Å². The van der Waals surface area contributed by atoms with Gasteiger partial charge < -0.3 is 14.5 Å². The van der Waals surface area contributed by atoms with E-state index < -0.39 is 5.54 Å². The smallest absolute Gasteiger partial charge is 0.326 e. The Labute approximate surface area is 124 Å². The van der Waals surface area contributed by atoms with E-state index in [1.165, 1.54) is 11.8 Å². The highest BCUT2D eigenvalue weighted by molar-refractivity contribution is 7.99. The van der Waals surface area contributed by atoms with Crippen LogP contribution in [-0.2, 0) is 9.53 Å². The molecule has 0 aliphatic heterocycles. The van der Waals surface area contributed by atoms with Gasteiger partial charge in [-0.05, 0) is 41.2 Å². The molecule has 0 amide bonds. The number of thioether (sulfide) groups is 1. The molecule has 0 radical (unpaired) electrons. The number of carbonyl (C=O) groups is 1. The zero-order valence-corrected chi connectivity index (χ0v) is 13.9. The van der Waals surface area contributed by atoms with Gasteiger partial charge in [-0.2, -0.15) is 0 Å². The van der Waals surface area contributed by atoms with E-state index in [1.807, 2.05) is 34.6 Å². The molecule has 0 fully saturated rings. The Hall–Kier alpha value is -1.01. The molecular weight excluding hydrogens is 276 g/mol. The fraction of sp³-hybridized carbons (Fsp3) is 0.714. The third-order valence-corrected chi connectivity index (χ3v) is 4.23. The quantitative estimate of drug-likeness (QED) is 0.617. The van der Waals surface area contributed by atoms with Gasteiger partial charge in [-0.3, -0.25) is 4.79 Å². The Bertz CT molecular complexity index is 442. The lowest BCUT2D eigenvalue weighted by molar-refractivity contribution is -0.150. The van der Waals surface area contributed by atoms with Crippen LogP contribution in [0.4, 0.5) is 0 Å². The summed E-state index contributed by atoms with van der Waals surface area (Å²) >= 11 is 1.53. The molecule has 1 aromatic heterocycles. The van der Waals surface area contributed by atoms with Crippen LogP contribution in [0, 0.1) is 13.8 Å². The van der Waals surface area contributed by atoms with Crippen LogP contribution in [0.2, 0.25) is 0 Å². The summed E-state index contributed by atoms with van der Waals surface area (Å²) in [5, 5.41) is 3.88. The first kappa shape index (κ1) is 17.0. The molecular formula is C14H24N2O3S. The molecule has 0 aliphatic rings. The van der Waals surface area contributed by atoms with Crippen LogP contribution < -0.4 is 5.32 Å². The third-order valence-electron chi connectivity index (χ3n) is 3.28. The van der Waals surface area contributed by atoms with Crippen LogP contribution >= 0.6 is 11.8 Å². The van der Waals surface area contributed by atoms with E-state index in [4.69, 9.17) is 9.15 Å². The lowest BCUT2D eigenvalue weighted by Gasteiger charge is -2.28. The number of ether oxygens (including phenoxy) is 1. The van der Waals surface area contributed by atoms with Gasteiger partial charge in [0, 0.05) is 5.25 Å². The molecule has 0 bridgehead atoms. The largest absolute Gasteiger partial charge is 0.465 e. The minimum Gasteiger partial charge on any atom is -0.465 e. The molecule has 1 rings (SSSR count). The van der Waals surface area contributed by atoms with Crippen molar-refractivity contribution in [2.75, 3.05) is 13.7 Å². The first-order valence-corrected chi connectivity index (χ1v) is 7.67. The van der Waals surface area contributed by atoms with E-state index in [-0.39, 0.29) is 11.2 Å². The number of likely N-dealkylation sites (N-methyl/N-ethyl adjacent to an activating group) is 1. The van der Waals surface area contributed by atoms with Crippen LogP contribution in [0.1, 0.15) is 38.6 Å². The van der Waals surface area contributed by atoms with E-state index in [0.29, 0.717) is 18.3 Å². The summed E-state index contributed by atoms with van der Waals surface area (Å²) in [5.41, 5.74) is 0.209. The lowest BCUT2D eigenvalue weighted by Crippen LogP contribution is -2.50. The second-order valence-corrected chi connectivity index (χ2v) is 6.45. The van der Waals surface area contributed by atoms with Crippen molar-refractivity contribution in [2.45, 2.75) is 57.1 Å². The second-order valence-electron chi connectivity index (χ2n) is 5.06. The maximum Gasteiger partial charge on any atom is 0.326 e. The summed E-state index contributed by atoms with van der Waals surface area (Å²) < 4.78 is 10.7. The second kappa shape index (κ2) is 7.13. The van der Waals surface area contributed by atoms with Crippen LogP contribution in [0.15, 0.2) is 9.64 Å². The topological polar surface area (TPSA) is 64.4 Å². The maximum absolute atomic E-state index is 12.0. The van der Waals surface area contributed by atoms with Gasteiger partial charge in [0.1, 0.15) is 11.3 Å². The summed E-state index contributed by atoms with van der Waals surface area (Å²) in [4.78, 5) is 16.4. The van der Waals surface area contributed by atoms with Gasteiger partial charge in [0.05, 0.1) is 12.3 Å². The van der Waals surface area contributed by atoms with Gasteiger partial charge in [-0.25, -0.2) is 4.98 Å². The minimum absolute atomic E-state index is 0.175. The molecule has 0 spiro atoms. The molecule has 1 aromatic rings. The molecule has 0 aromatic carbocycles. The Morgan fingerprint density at radius 2 is 2.20 bits per heavy atom. The fourth-order valence-corrected chi connectivity index (χ4v) is 2.98. The van der Waals surface area contributed by atoms with Crippen molar-refractivity contribution in [3.63, 3.8) is 0 Å². The number of nitrogens with one attached hydrogen (secondary N) is 1. The zero-order chi connectivity index (χ0) is 15.3. The summed E-state index contributed by atoms with van der Waals surface area (Å²) in [7, 11) is 1.77. The molecule has 2 atom stereocenters. The number of oxazole rings is 1. The van der Waals surface area contributed by atoms with Crippen molar-refractivity contribution in [3.8, 4) is 0 Å². The highest BCUT2D eigenvalue weighted by Gasteiger charge is 2.35. The Morgan fingerprint density at radius 3 is 2.65 bits per heavy atom. The monoisotopic (exact) mass is 300 g/mol. The Morgan fingerprint density at radius 1 is 1.55 bits per heavy atom. The number of esters is 1. The average Bonchev–Trinajstić information content (AvgIpc) is 2.67. The highest BCUT2D eigenvalue weighted by Crippen LogP contribution is 2.29. The van der Waals surface area contributed by atoms with E-state index in [9.17, 15) is 4.79 Å². The number of aromatic nitrogens is 1. The Kier molecular flexibility index (Phi) is 6.07. The third kappa shape index (κ3) is 4.24. The number of rotatable bonds is 7. The predicted octanol–water partition coefficient (Wildman–Crippen LogP) is 2.70. The van der Waals surface area contributed by atoms with Gasteiger partial charge in [0.2, 0.25) is 0 Å². The van der Waals surface area contributed by atoms with Gasteiger partial charge in [0.15, 0.2) is 0 Å². The zero-order valence-electron chi connectivity index (χ0n) is 13.1. The summed E-state index contributed by atoms with van der Waals surface area (Å²) in [6.45, 7) is 9.92. The molecule has 1 heterocycles. The number of hydrogen-bond acceptors (Lipinski definition) is 6. The van der Waals surface area contributed by atoms with Crippen LogP contribution in [0.5, 0.6) is 0 Å². The van der Waals surface area contributed by atoms with E-state index in [2.05, 4.69) is 10.3 Å². The molecule has 6 heteroatoms. The molecule has 20 heavy (non-hydrogen) atoms. The summed E-state index contributed by atoms with van der Waals surface area (Å²) in [5.74, 6) is 0.608. The fourth-order valence-electron chi connectivity index (χ4n) is 1.86. The number of hydrogen-bond donors (Lipinski definition) is 1. The SMILES string of the molecule is CCOC(=O)C(C)(CC(C)Sc1nc(C)c(C)o1)NC.